The van der Waals surface area contributed by atoms with Crippen LogP contribution in [0.4, 0.5) is 0 Å². The molecule has 2 aromatic carbocycles. The number of ether oxygens (including phenoxy) is 3. The molecule has 40 heavy (non-hydrogen) atoms. The van der Waals surface area contributed by atoms with Crippen molar-refractivity contribution in [3.05, 3.63) is 52.2 Å². The average molecular weight is 564 g/mol. The fraction of sp³-hybridized carbons (Fsp3) is 0.423. The summed E-state index contributed by atoms with van der Waals surface area (Å²) in [5.74, 6) is -1.39. The molecule has 0 amide bonds. The highest BCUT2D eigenvalue weighted by Crippen LogP contribution is 2.45. The number of aliphatic hydroxyl groups is 6. The summed E-state index contributed by atoms with van der Waals surface area (Å²) in [7, 11) is 0. The summed E-state index contributed by atoms with van der Waals surface area (Å²) < 4.78 is 22.7. The molecule has 2 saturated heterocycles. The van der Waals surface area contributed by atoms with Crippen LogP contribution in [0.3, 0.4) is 0 Å². The molecule has 1 aromatic heterocycles. The SMILES string of the molecule is O=c1cc(-c2ccc(O)cc2)oc2c([C@@H]3O[C@H](CO)[C@@H](O)[C@@H](O)[C@H]3O[C@@H]3OC[C@@H](O)[C@@H](O)[C@H]3O)c(O)cc(O)c12. The molecule has 0 aliphatic carbocycles. The Balaban J connectivity index is 1.66. The van der Waals surface area contributed by atoms with Gasteiger partial charge in [-0.2, -0.15) is 0 Å². The van der Waals surface area contributed by atoms with E-state index in [0.29, 0.717) is 5.56 Å². The summed E-state index contributed by atoms with van der Waals surface area (Å²) in [5, 5.41) is 92.2. The van der Waals surface area contributed by atoms with Crippen LogP contribution in [0.15, 0.2) is 45.6 Å². The van der Waals surface area contributed by atoms with E-state index in [0.717, 1.165) is 12.1 Å². The zero-order valence-corrected chi connectivity index (χ0v) is 20.6. The lowest BCUT2D eigenvalue weighted by atomic mass is 9.89. The third-order valence-corrected chi connectivity index (χ3v) is 7.05. The van der Waals surface area contributed by atoms with Crippen LogP contribution in [0.25, 0.3) is 22.3 Å². The van der Waals surface area contributed by atoms with Crippen molar-refractivity contribution in [3.63, 3.8) is 0 Å². The topological polar surface area (TPSA) is 240 Å². The quantitative estimate of drug-likeness (QED) is 0.172. The first-order valence-electron chi connectivity index (χ1n) is 12.3. The van der Waals surface area contributed by atoms with Crippen molar-refractivity contribution in [1.82, 2.24) is 0 Å². The molecule has 5 rings (SSSR count). The number of hydrogen-bond donors (Lipinski definition) is 9. The number of benzene rings is 2. The smallest absolute Gasteiger partial charge is 0.197 e. The maximum atomic E-state index is 13.1. The Kier molecular flexibility index (Phi) is 7.71. The number of fused-ring (bicyclic) bond motifs is 1. The number of phenolic OH excluding ortho intramolecular Hbond substituents is 3. The van der Waals surface area contributed by atoms with Crippen LogP contribution in [0.5, 0.6) is 17.2 Å². The van der Waals surface area contributed by atoms with Crippen LogP contribution in [-0.4, -0.2) is 108 Å². The molecule has 14 heteroatoms. The molecule has 0 bridgehead atoms. The highest BCUT2D eigenvalue weighted by molar-refractivity contribution is 5.89. The van der Waals surface area contributed by atoms with E-state index in [1.165, 1.54) is 24.3 Å². The predicted molar refractivity (Wildman–Crippen MR) is 132 cm³/mol. The molecular weight excluding hydrogens is 536 g/mol. The molecule has 216 valence electrons. The molecule has 0 unspecified atom stereocenters. The second kappa shape index (κ2) is 10.9. The highest BCUT2D eigenvalue weighted by Gasteiger charge is 2.50. The Hall–Kier alpha value is -3.31. The molecule has 2 aliphatic rings. The summed E-state index contributed by atoms with van der Waals surface area (Å²) in [6.07, 6.45) is -14.8. The molecule has 0 radical (unpaired) electrons. The van der Waals surface area contributed by atoms with E-state index in [4.69, 9.17) is 18.6 Å². The predicted octanol–water partition coefficient (Wildman–Crippen LogP) is -1.45. The van der Waals surface area contributed by atoms with Gasteiger partial charge in [-0.3, -0.25) is 4.79 Å². The van der Waals surface area contributed by atoms with E-state index in [1.807, 2.05) is 0 Å². The van der Waals surface area contributed by atoms with Gasteiger partial charge in [0.25, 0.3) is 0 Å². The Morgan fingerprint density at radius 1 is 0.875 bits per heavy atom. The summed E-state index contributed by atoms with van der Waals surface area (Å²) >= 11 is 0. The lowest BCUT2D eigenvalue weighted by Gasteiger charge is -2.45. The molecule has 9 atom stereocenters. The van der Waals surface area contributed by atoms with Crippen LogP contribution in [0, 0.1) is 0 Å². The molecule has 0 spiro atoms. The van der Waals surface area contributed by atoms with E-state index in [9.17, 15) is 50.8 Å². The summed E-state index contributed by atoms with van der Waals surface area (Å²) in [6, 6.07) is 7.52. The van der Waals surface area contributed by atoms with E-state index in [2.05, 4.69) is 0 Å². The molecule has 3 aromatic rings. The van der Waals surface area contributed by atoms with Crippen LogP contribution < -0.4 is 5.43 Å². The molecule has 14 nitrogen and oxygen atoms in total. The van der Waals surface area contributed by atoms with Gasteiger partial charge in [-0.05, 0) is 24.3 Å². The molecule has 9 N–H and O–H groups in total. The van der Waals surface area contributed by atoms with Crippen molar-refractivity contribution in [2.45, 2.75) is 55.1 Å². The molecular formula is C26H28O14. The van der Waals surface area contributed by atoms with Crippen molar-refractivity contribution >= 4 is 11.0 Å². The summed E-state index contributed by atoms with van der Waals surface area (Å²) in [4.78, 5) is 13.1. The van der Waals surface area contributed by atoms with Gasteiger partial charge in [0, 0.05) is 17.7 Å². The molecule has 0 saturated carbocycles. The highest BCUT2D eigenvalue weighted by atomic mass is 16.7. The van der Waals surface area contributed by atoms with Crippen molar-refractivity contribution < 1.29 is 64.6 Å². The molecule has 2 fully saturated rings. The van der Waals surface area contributed by atoms with Crippen molar-refractivity contribution in [2.24, 2.45) is 0 Å². The fourth-order valence-corrected chi connectivity index (χ4v) is 4.89. The van der Waals surface area contributed by atoms with Crippen LogP contribution in [0.2, 0.25) is 0 Å². The molecule has 3 heterocycles. The zero-order valence-electron chi connectivity index (χ0n) is 20.6. The minimum absolute atomic E-state index is 0.0283. The first-order valence-corrected chi connectivity index (χ1v) is 12.3. The van der Waals surface area contributed by atoms with Gasteiger partial charge in [-0.25, -0.2) is 0 Å². The van der Waals surface area contributed by atoms with Gasteiger partial charge in [-0.1, -0.05) is 0 Å². The van der Waals surface area contributed by atoms with Crippen molar-refractivity contribution in [3.8, 4) is 28.6 Å². The first kappa shape index (κ1) is 28.2. The standard InChI is InChI=1S/C26H28O14/c27-7-16-20(34)21(35)25(40-26-22(36)19(33)14(32)8-37-26)24(39-16)18-12(30)5-11(29)17-13(31)6-15(38-23(17)18)9-1-3-10(28)4-2-9/h1-6,14,16,19-22,24-30,32-36H,7-8H2/t14-,16-,19-,20-,21-,22-,24+,25-,26+/m1/s1. The third kappa shape index (κ3) is 4.89. The van der Waals surface area contributed by atoms with Crippen LogP contribution in [0.1, 0.15) is 11.7 Å². The summed E-state index contributed by atoms with van der Waals surface area (Å²) in [5.41, 5.74) is -1.07. The van der Waals surface area contributed by atoms with Gasteiger partial charge in [0.05, 0.1) is 18.8 Å². The van der Waals surface area contributed by atoms with Gasteiger partial charge < -0.3 is 64.6 Å². The van der Waals surface area contributed by atoms with Gasteiger partial charge in [-0.15, -0.1) is 0 Å². The normalized spacial score (nSPS) is 32.8. The van der Waals surface area contributed by atoms with E-state index in [1.54, 1.807) is 0 Å². The Morgan fingerprint density at radius 3 is 2.25 bits per heavy atom. The average Bonchev–Trinajstić information content (AvgIpc) is 2.92. The number of phenols is 3. The van der Waals surface area contributed by atoms with Gasteiger partial charge >= 0.3 is 0 Å². The van der Waals surface area contributed by atoms with Gasteiger partial charge in [0.1, 0.15) is 77.2 Å². The van der Waals surface area contributed by atoms with Crippen molar-refractivity contribution in [2.75, 3.05) is 13.2 Å². The monoisotopic (exact) mass is 564 g/mol. The number of rotatable bonds is 5. The zero-order chi connectivity index (χ0) is 28.9. The maximum Gasteiger partial charge on any atom is 0.197 e. The molecule has 2 aliphatic heterocycles. The van der Waals surface area contributed by atoms with Crippen LogP contribution in [-0.2, 0) is 14.2 Å². The minimum Gasteiger partial charge on any atom is -0.508 e. The Labute approximate surface area is 225 Å². The largest absolute Gasteiger partial charge is 0.508 e. The lowest BCUT2D eigenvalue weighted by molar-refractivity contribution is -0.325. The first-order chi connectivity index (χ1) is 19.0. The number of hydrogen-bond acceptors (Lipinski definition) is 14. The van der Waals surface area contributed by atoms with E-state index >= 15 is 0 Å². The van der Waals surface area contributed by atoms with Gasteiger partial charge in [0.2, 0.25) is 0 Å². The van der Waals surface area contributed by atoms with E-state index in [-0.39, 0.29) is 28.0 Å². The second-order valence-corrected chi connectivity index (χ2v) is 9.66. The number of aromatic hydroxyl groups is 3. The minimum atomic E-state index is -1.84. The Bertz CT molecular complexity index is 1420. The van der Waals surface area contributed by atoms with Crippen LogP contribution >= 0.6 is 0 Å². The fourth-order valence-electron chi connectivity index (χ4n) is 4.89. The lowest BCUT2D eigenvalue weighted by Crippen LogP contribution is -2.60. The third-order valence-electron chi connectivity index (χ3n) is 7.05. The summed E-state index contributed by atoms with van der Waals surface area (Å²) in [6.45, 7) is -1.23. The second-order valence-electron chi connectivity index (χ2n) is 9.66. The number of aliphatic hydroxyl groups excluding tert-OH is 6. The maximum absolute atomic E-state index is 13.1. The van der Waals surface area contributed by atoms with E-state index < -0.39 is 85.3 Å². The Morgan fingerprint density at radius 2 is 1.57 bits per heavy atom. The van der Waals surface area contributed by atoms with Crippen molar-refractivity contribution in [1.29, 1.82) is 0 Å². The van der Waals surface area contributed by atoms with Gasteiger partial charge in [0.15, 0.2) is 17.3 Å².